The maximum absolute atomic E-state index is 13.9. The zero-order chi connectivity index (χ0) is 21.5. The van der Waals surface area contributed by atoms with E-state index in [0.717, 1.165) is 18.4 Å². The van der Waals surface area contributed by atoms with Crippen LogP contribution in [0.4, 0.5) is 14.9 Å². The van der Waals surface area contributed by atoms with Gasteiger partial charge in [0, 0.05) is 44.5 Å². The van der Waals surface area contributed by atoms with Gasteiger partial charge >= 0.3 is 6.03 Å². The Morgan fingerprint density at radius 3 is 2.47 bits per heavy atom. The van der Waals surface area contributed by atoms with Crippen LogP contribution in [0.2, 0.25) is 0 Å². The number of aliphatic imine (C=N–C) groups is 1. The van der Waals surface area contributed by atoms with E-state index in [1.54, 1.807) is 61.5 Å². The van der Waals surface area contributed by atoms with Crippen LogP contribution in [0.5, 0.6) is 0 Å². The number of carbonyl (C=O) groups is 1. The minimum absolute atomic E-state index is 0.0964. The molecule has 1 fully saturated rings. The molecule has 156 valence electrons. The average Bonchev–Trinajstić information content (AvgIpc) is 2.78. The molecule has 0 spiro atoms. The normalized spacial score (nSPS) is 14.7. The number of nitriles is 1. The Kier molecular flexibility index (Phi) is 6.86. The number of urea groups is 1. The maximum atomic E-state index is 13.9. The van der Waals surface area contributed by atoms with E-state index in [1.165, 1.54) is 6.07 Å². The first-order chi connectivity index (χ1) is 14.5. The molecule has 2 N–H and O–H groups in total. The molecule has 30 heavy (non-hydrogen) atoms. The first-order valence-corrected chi connectivity index (χ1v) is 9.79. The summed E-state index contributed by atoms with van der Waals surface area (Å²) in [5, 5.41) is 14.3. The summed E-state index contributed by atoms with van der Waals surface area (Å²) in [5.74, 6) is 0.277. The van der Waals surface area contributed by atoms with Crippen LogP contribution in [0.3, 0.4) is 0 Å². The van der Waals surface area contributed by atoms with Crippen molar-refractivity contribution in [3.8, 4) is 17.3 Å². The third-order valence-corrected chi connectivity index (χ3v) is 5.33. The number of guanidine groups is 1. The first-order valence-electron chi connectivity index (χ1n) is 9.79. The van der Waals surface area contributed by atoms with Crippen molar-refractivity contribution in [2.45, 2.75) is 18.9 Å². The fourth-order valence-electron chi connectivity index (χ4n) is 3.60. The Morgan fingerprint density at radius 1 is 1.20 bits per heavy atom. The topological polar surface area (TPSA) is 83.8 Å². The number of hydrogen-bond donors (Lipinski definition) is 2. The second-order valence-corrected chi connectivity index (χ2v) is 7.10. The Balaban J connectivity index is 1.56. The van der Waals surface area contributed by atoms with Crippen LogP contribution in [0.1, 0.15) is 12.8 Å². The summed E-state index contributed by atoms with van der Waals surface area (Å²) in [4.78, 5) is 20.5. The lowest BCUT2D eigenvalue weighted by Gasteiger charge is -2.37. The molecule has 0 aromatic heterocycles. The fourth-order valence-corrected chi connectivity index (χ4v) is 3.60. The zero-order valence-corrected chi connectivity index (χ0v) is 17.1. The molecule has 0 unspecified atom stereocenters. The molecule has 1 aliphatic rings. The smallest absolute Gasteiger partial charge is 0.321 e. The average molecular weight is 408 g/mol. The second-order valence-electron chi connectivity index (χ2n) is 7.10. The van der Waals surface area contributed by atoms with Crippen molar-refractivity contribution in [2.24, 2.45) is 4.99 Å². The van der Waals surface area contributed by atoms with Crippen molar-refractivity contribution in [2.75, 3.05) is 32.5 Å². The van der Waals surface area contributed by atoms with Crippen molar-refractivity contribution in [3.63, 3.8) is 0 Å². The number of nitrogens with one attached hydrogen (secondary N) is 2. The van der Waals surface area contributed by atoms with E-state index in [4.69, 9.17) is 5.26 Å². The Hall–Kier alpha value is -3.60. The van der Waals surface area contributed by atoms with Gasteiger partial charge in [-0.05, 0) is 36.6 Å². The molecule has 2 aromatic rings. The van der Waals surface area contributed by atoms with E-state index >= 15 is 0 Å². The van der Waals surface area contributed by atoms with Crippen LogP contribution in [0, 0.1) is 17.3 Å². The molecular formula is C22H25FN6O. The number of anilines is 1. The highest BCUT2D eigenvalue weighted by Crippen LogP contribution is 2.24. The molecule has 0 bridgehead atoms. The van der Waals surface area contributed by atoms with Gasteiger partial charge in [0.15, 0.2) is 6.19 Å². The predicted molar refractivity (Wildman–Crippen MR) is 115 cm³/mol. The van der Waals surface area contributed by atoms with Crippen LogP contribution in [0.15, 0.2) is 53.5 Å². The van der Waals surface area contributed by atoms with Gasteiger partial charge in [0.1, 0.15) is 5.82 Å². The standard InChI is InChI=1S/C22H25FN6O/c1-25-21(26-15-24)29-13-11-18(12-14-29)28(2)22(30)27-17-9-7-16(8-10-17)19-5-3-4-6-20(19)23/h3-10,18H,11-14H2,1-2H3,(H,25,26)(H,27,30). The lowest BCUT2D eigenvalue weighted by atomic mass is 10.0. The van der Waals surface area contributed by atoms with E-state index in [0.29, 0.717) is 30.3 Å². The second kappa shape index (κ2) is 9.74. The molecule has 8 heteroatoms. The third-order valence-electron chi connectivity index (χ3n) is 5.33. The highest BCUT2D eigenvalue weighted by Gasteiger charge is 2.26. The Bertz CT molecular complexity index is 945. The third kappa shape index (κ3) is 4.87. The van der Waals surface area contributed by atoms with Gasteiger partial charge in [0.05, 0.1) is 0 Å². The van der Waals surface area contributed by atoms with Gasteiger partial charge in [-0.15, -0.1) is 0 Å². The number of likely N-dealkylation sites (tertiary alicyclic amines) is 1. The van der Waals surface area contributed by atoms with Gasteiger partial charge < -0.3 is 15.1 Å². The van der Waals surface area contributed by atoms with E-state index in [2.05, 4.69) is 15.6 Å². The Morgan fingerprint density at radius 2 is 1.87 bits per heavy atom. The van der Waals surface area contributed by atoms with Gasteiger partial charge in [0.2, 0.25) is 5.96 Å². The number of amides is 2. The number of carbonyl (C=O) groups excluding carboxylic acids is 1. The lowest BCUT2D eigenvalue weighted by molar-refractivity contribution is 0.170. The van der Waals surface area contributed by atoms with Gasteiger partial charge in [0.25, 0.3) is 0 Å². The highest BCUT2D eigenvalue weighted by molar-refractivity contribution is 5.89. The van der Waals surface area contributed by atoms with Gasteiger partial charge in [-0.25, -0.2) is 9.18 Å². The van der Waals surface area contributed by atoms with Crippen molar-refractivity contribution < 1.29 is 9.18 Å². The summed E-state index contributed by atoms with van der Waals surface area (Å²) < 4.78 is 13.9. The monoisotopic (exact) mass is 408 g/mol. The molecular weight excluding hydrogens is 383 g/mol. The molecule has 1 aliphatic heterocycles. The predicted octanol–water partition coefficient (Wildman–Crippen LogP) is 3.48. The molecule has 0 radical (unpaired) electrons. The summed E-state index contributed by atoms with van der Waals surface area (Å²) in [6.07, 6.45) is 3.46. The van der Waals surface area contributed by atoms with Gasteiger partial charge in [-0.1, -0.05) is 30.3 Å². The summed E-state index contributed by atoms with van der Waals surface area (Å²) in [6.45, 7) is 1.42. The molecule has 0 aliphatic carbocycles. The summed E-state index contributed by atoms with van der Waals surface area (Å²) in [7, 11) is 3.43. The van der Waals surface area contributed by atoms with Crippen LogP contribution >= 0.6 is 0 Å². The number of nitrogens with zero attached hydrogens (tertiary/aromatic N) is 4. The number of halogens is 1. The summed E-state index contributed by atoms with van der Waals surface area (Å²) in [5.41, 5.74) is 1.94. The minimum atomic E-state index is -0.276. The minimum Gasteiger partial charge on any atom is -0.342 e. The van der Waals surface area contributed by atoms with Crippen molar-refractivity contribution in [1.82, 2.24) is 15.1 Å². The van der Waals surface area contributed by atoms with Crippen molar-refractivity contribution in [3.05, 3.63) is 54.3 Å². The molecule has 0 saturated carbocycles. The SMILES string of the molecule is CN=C(NC#N)N1CCC(N(C)C(=O)Nc2ccc(-c3ccccc3F)cc2)CC1. The molecule has 1 heterocycles. The summed E-state index contributed by atoms with van der Waals surface area (Å²) >= 11 is 0. The summed E-state index contributed by atoms with van der Waals surface area (Å²) in [6, 6.07) is 13.6. The van der Waals surface area contributed by atoms with Crippen molar-refractivity contribution in [1.29, 1.82) is 5.26 Å². The van der Waals surface area contributed by atoms with Crippen molar-refractivity contribution >= 4 is 17.7 Å². The Labute approximate surface area is 175 Å². The maximum Gasteiger partial charge on any atom is 0.321 e. The number of benzene rings is 2. The van der Waals surface area contributed by atoms with Crippen LogP contribution < -0.4 is 10.6 Å². The quantitative estimate of drug-likeness (QED) is 0.353. The van der Waals surface area contributed by atoms with E-state index in [1.807, 2.05) is 11.1 Å². The zero-order valence-electron chi connectivity index (χ0n) is 17.1. The van der Waals surface area contributed by atoms with Gasteiger partial charge in [-0.3, -0.25) is 10.3 Å². The largest absolute Gasteiger partial charge is 0.342 e. The molecule has 0 atom stereocenters. The lowest BCUT2D eigenvalue weighted by Crippen LogP contribution is -2.50. The van der Waals surface area contributed by atoms with Crippen LogP contribution in [-0.4, -0.2) is 55.0 Å². The molecule has 3 rings (SSSR count). The number of rotatable bonds is 3. The van der Waals surface area contributed by atoms with E-state index < -0.39 is 0 Å². The van der Waals surface area contributed by atoms with Crippen LogP contribution in [-0.2, 0) is 0 Å². The number of hydrogen-bond acceptors (Lipinski definition) is 3. The van der Waals surface area contributed by atoms with Gasteiger partial charge in [-0.2, -0.15) is 5.26 Å². The fraction of sp³-hybridized carbons (Fsp3) is 0.318. The van der Waals surface area contributed by atoms with Crippen LogP contribution in [0.25, 0.3) is 11.1 Å². The van der Waals surface area contributed by atoms with E-state index in [-0.39, 0.29) is 17.9 Å². The molecule has 2 amide bonds. The van der Waals surface area contributed by atoms with E-state index in [9.17, 15) is 9.18 Å². The molecule has 7 nitrogen and oxygen atoms in total. The molecule has 2 aromatic carbocycles. The number of piperidine rings is 1. The molecule has 1 saturated heterocycles. The first kappa shape index (κ1) is 21.1. The highest BCUT2D eigenvalue weighted by atomic mass is 19.1.